The predicted molar refractivity (Wildman–Crippen MR) is 365 cm³/mol. The fraction of sp³-hybridized carbons (Fsp3) is 0.362. The quantitative estimate of drug-likeness (QED) is 0.0650. The fourth-order valence-electron chi connectivity index (χ4n) is 12.0. The largest absolute Gasteiger partial charge is 0.195 e. The topological polar surface area (TPSA) is 0 Å². The van der Waals surface area contributed by atoms with Crippen LogP contribution < -0.4 is 0 Å². The summed E-state index contributed by atoms with van der Waals surface area (Å²) in [5, 5.41) is 12.2. The Morgan fingerprint density at radius 3 is 0.713 bits per heavy atom. The van der Waals surface area contributed by atoms with Gasteiger partial charge in [-0.3, -0.25) is 0 Å². The maximum Gasteiger partial charge on any atom is 0.177 e. The molecule has 0 saturated heterocycles. The summed E-state index contributed by atoms with van der Waals surface area (Å²) in [6.07, 6.45) is 0. The number of hydrogen-bond acceptors (Lipinski definition) is 4. The van der Waals surface area contributed by atoms with Gasteiger partial charge in [0.25, 0.3) is 0 Å². The molecule has 0 radical (unpaired) electrons. The standard InChI is InChI=1S/C35H39FS2Si2.C34H36F2S2Si2/c1-8-39(9-2,10-3)16-14-27-29-19-25-18-24(7)37-33(25)22-31(29)28(15-17-40(11-4,12-5)13-6)30-20-26-21-35(36)38-34(26)23-32(27)30;1-7-39(8-2,9-3)15-13-25-27-17-23-19-33(35)37-31(23)21-29(27)26(14-16-40(10-4,11-5)12-6)30-22-32-24(18-28(25)30)20-34(36)38-32/h18-23H,8-13H2,1-7H3;17-22H,7-12H2,1-6H3. The monoisotopic (exact) mass is 1200 g/mol. The number of hydrogen-bond donors (Lipinski definition) is 0. The minimum absolute atomic E-state index is 0.144. The first-order chi connectivity index (χ1) is 38.5. The number of thiophene rings is 4. The average molecular weight is 1200 g/mol. The molecule has 11 heteroatoms. The van der Waals surface area contributed by atoms with Crippen molar-refractivity contribution >= 4 is 161 Å². The van der Waals surface area contributed by atoms with Crippen LogP contribution in [0.1, 0.15) is 110 Å². The van der Waals surface area contributed by atoms with Crippen LogP contribution in [0.25, 0.3) is 83.4 Å². The maximum atomic E-state index is 14.5. The van der Waals surface area contributed by atoms with Gasteiger partial charge in [0.1, 0.15) is 32.3 Å². The molecule has 0 aliphatic carbocycles. The van der Waals surface area contributed by atoms with Crippen molar-refractivity contribution < 1.29 is 13.2 Å². The van der Waals surface area contributed by atoms with Gasteiger partial charge in [0, 0.05) is 67.5 Å². The number of fused-ring (bicyclic) bond motifs is 8. The van der Waals surface area contributed by atoms with Gasteiger partial charge in [-0.1, -0.05) is 107 Å². The van der Waals surface area contributed by atoms with Crippen LogP contribution in [-0.2, 0) is 0 Å². The summed E-state index contributed by atoms with van der Waals surface area (Å²) in [5.41, 5.74) is 19.5. The Bertz CT molecular complexity index is 3510. The Morgan fingerprint density at radius 1 is 0.287 bits per heavy atom. The van der Waals surface area contributed by atoms with Crippen molar-refractivity contribution in [2.24, 2.45) is 0 Å². The minimum atomic E-state index is -1.74. The number of benzene rings is 6. The van der Waals surface area contributed by atoms with Crippen molar-refractivity contribution in [3.8, 4) is 45.9 Å². The SMILES string of the molecule is CC[Si](C#Cc1c2cc3cc(F)sc3cc2c(C#C[Si](CC)(CC)CC)c2cc3cc(C)sc3cc12)(CC)CC.CC[Si](C#Cc1c2cc3cc(F)sc3cc2c(C#C[Si](CC)(CC)CC)c2cc3sc(F)cc3cc12)(CC)CC. The van der Waals surface area contributed by atoms with Gasteiger partial charge in [-0.2, -0.15) is 13.2 Å². The fourth-order valence-corrected chi connectivity index (χ4v) is 25.1. The van der Waals surface area contributed by atoms with Crippen LogP contribution in [0.4, 0.5) is 13.2 Å². The number of halogens is 3. The minimum Gasteiger partial charge on any atom is -0.195 e. The molecule has 412 valence electrons. The molecule has 0 nitrogen and oxygen atoms in total. The van der Waals surface area contributed by atoms with Crippen molar-refractivity contribution in [3.63, 3.8) is 0 Å². The Hall–Kier alpha value is -4.90. The molecule has 0 bridgehead atoms. The molecule has 10 aromatic rings. The molecule has 4 heterocycles. The predicted octanol–water partition coefficient (Wildman–Crippen LogP) is 23.2. The van der Waals surface area contributed by atoms with Gasteiger partial charge in [0.15, 0.2) is 15.4 Å². The van der Waals surface area contributed by atoms with Gasteiger partial charge in [-0.05, 0) is 195 Å². The summed E-state index contributed by atoms with van der Waals surface area (Å²) in [6.45, 7) is 29.6. The van der Waals surface area contributed by atoms with Crippen LogP contribution in [0.2, 0.25) is 72.5 Å². The summed E-state index contributed by atoms with van der Waals surface area (Å²) in [5.74, 6) is 15.0. The zero-order chi connectivity index (χ0) is 57.3. The molecule has 80 heavy (non-hydrogen) atoms. The Labute approximate surface area is 494 Å². The molecule has 0 fully saturated rings. The molecule has 4 aromatic heterocycles. The summed E-state index contributed by atoms with van der Waals surface area (Å²) in [4.78, 5) is 1.31. The first-order valence-electron chi connectivity index (χ1n) is 29.4. The van der Waals surface area contributed by atoms with E-state index in [0.29, 0.717) is 0 Å². The molecular weight excluding hydrogens is 1130 g/mol. The molecular formula is C69H75F3S4Si4. The van der Waals surface area contributed by atoms with Gasteiger partial charge in [-0.15, -0.1) is 67.5 Å². The normalized spacial score (nSPS) is 12.2. The van der Waals surface area contributed by atoms with E-state index < -0.39 is 32.3 Å². The summed E-state index contributed by atoms with van der Waals surface area (Å²) in [7, 11) is -6.85. The Morgan fingerprint density at radius 2 is 0.487 bits per heavy atom. The van der Waals surface area contributed by atoms with E-state index in [0.717, 1.165) is 121 Å². The molecule has 0 N–H and O–H groups in total. The lowest BCUT2D eigenvalue weighted by atomic mass is 9.91. The van der Waals surface area contributed by atoms with Crippen LogP contribution in [-0.4, -0.2) is 32.3 Å². The first-order valence-corrected chi connectivity index (χ1v) is 43.1. The highest BCUT2D eigenvalue weighted by molar-refractivity contribution is 7.19. The summed E-state index contributed by atoms with van der Waals surface area (Å²) in [6, 6.07) is 38.4. The van der Waals surface area contributed by atoms with E-state index in [1.54, 1.807) is 18.2 Å². The molecule has 6 aromatic carbocycles. The lowest BCUT2D eigenvalue weighted by molar-refractivity contribution is 0.658. The van der Waals surface area contributed by atoms with E-state index in [9.17, 15) is 13.2 Å². The van der Waals surface area contributed by atoms with Crippen molar-refractivity contribution in [2.45, 2.75) is 163 Å². The smallest absolute Gasteiger partial charge is 0.177 e. The van der Waals surface area contributed by atoms with Gasteiger partial charge >= 0.3 is 0 Å². The van der Waals surface area contributed by atoms with Crippen molar-refractivity contribution in [2.75, 3.05) is 0 Å². The van der Waals surface area contributed by atoms with Gasteiger partial charge in [0.05, 0.1) is 0 Å². The van der Waals surface area contributed by atoms with E-state index >= 15 is 0 Å². The molecule has 0 aliphatic rings. The van der Waals surface area contributed by atoms with E-state index in [4.69, 9.17) is 0 Å². The lowest BCUT2D eigenvalue weighted by Crippen LogP contribution is -2.29. The van der Waals surface area contributed by atoms with E-state index in [-0.39, 0.29) is 15.4 Å². The molecule has 10 rings (SSSR count). The summed E-state index contributed by atoms with van der Waals surface area (Å²) >= 11 is 5.42. The second-order valence-corrected chi connectivity index (χ2v) is 46.2. The van der Waals surface area contributed by atoms with Crippen LogP contribution in [0.15, 0.2) is 72.8 Å². The second kappa shape index (κ2) is 24.5. The third-order valence-electron chi connectivity index (χ3n) is 18.7. The summed E-state index contributed by atoms with van der Waals surface area (Å²) < 4.78 is 47.5. The highest BCUT2D eigenvalue weighted by Gasteiger charge is 2.29. The van der Waals surface area contributed by atoms with Crippen LogP contribution in [0, 0.1) is 68.2 Å². The second-order valence-electron chi connectivity index (χ2n) is 22.1. The number of aryl methyl sites for hydroxylation is 1. The van der Waals surface area contributed by atoms with Crippen LogP contribution in [0.5, 0.6) is 0 Å². The average Bonchev–Trinajstić information content (AvgIpc) is 4.40. The molecule has 0 spiro atoms. The molecule has 0 saturated carbocycles. The molecule has 0 atom stereocenters. The van der Waals surface area contributed by atoms with E-state index in [2.05, 4.69) is 190 Å². The molecule has 0 unspecified atom stereocenters. The highest BCUT2D eigenvalue weighted by Crippen LogP contribution is 2.43. The van der Waals surface area contributed by atoms with Crippen LogP contribution >= 0.6 is 45.3 Å². The van der Waals surface area contributed by atoms with Crippen molar-refractivity contribution in [3.05, 3.63) is 115 Å². The van der Waals surface area contributed by atoms with Gasteiger partial charge in [-0.25, -0.2) is 0 Å². The first kappa shape index (κ1) is 59.7. The van der Waals surface area contributed by atoms with Crippen LogP contribution in [0.3, 0.4) is 0 Å². The zero-order valence-corrected chi connectivity index (χ0v) is 56.4. The third kappa shape index (κ3) is 11.3. The Balaban J connectivity index is 0.000000194. The molecule has 0 aliphatic heterocycles. The van der Waals surface area contributed by atoms with Crippen molar-refractivity contribution in [1.29, 1.82) is 0 Å². The highest BCUT2D eigenvalue weighted by atomic mass is 32.1. The third-order valence-corrected chi connectivity index (χ3v) is 41.3. The van der Waals surface area contributed by atoms with E-state index in [1.165, 1.54) is 96.0 Å². The number of rotatable bonds is 12. The van der Waals surface area contributed by atoms with Crippen molar-refractivity contribution in [1.82, 2.24) is 0 Å². The van der Waals surface area contributed by atoms with E-state index in [1.807, 2.05) is 11.3 Å². The lowest BCUT2D eigenvalue weighted by Gasteiger charge is -2.21. The van der Waals surface area contributed by atoms with Gasteiger partial charge < -0.3 is 0 Å². The maximum absolute atomic E-state index is 14.5. The molecule has 0 amide bonds. The zero-order valence-electron chi connectivity index (χ0n) is 49.2. The van der Waals surface area contributed by atoms with Gasteiger partial charge in [0.2, 0.25) is 0 Å². The Kier molecular flexibility index (Phi) is 18.3.